The smallest absolute Gasteiger partial charge is 0.348 e. The number of carbonyl (C=O) groups excluding carboxylic acids is 1. The fraction of sp³-hybridized carbons (Fsp3) is 0.433. The maximum atomic E-state index is 13.3. The number of aromatic nitrogens is 5. The highest BCUT2D eigenvalue weighted by Crippen LogP contribution is 2.37. The van der Waals surface area contributed by atoms with Gasteiger partial charge in [0.15, 0.2) is 11.5 Å². The number of morpholine rings is 1. The molecule has 0 radical (unpaired) electrons. The minimum Gasteiger partial charge on any atom is -0.377 e. The van der Waals surface area contributed by atoms with Gasteiger partial charge in [0.1, 0.15) is 12.1 Å². The van der Waals surface area contributed by atoms with Crippen molar-refractivity contribution in [1.82, 2.24) is 29.7 Å². The molecule has 3 aliphatic rings. The molecule has 1 N–H and O–H groups in total. The first kappa shape index (κ1) is 27.8. The van der Waals surface area contributed by atoms with Crippen molar-refractivity contribution in [3.8, 4) is 5.82 Å². The van der Waals surface area contributed by atoms with Gasteiger partial charge < -0.3 is 19.0 Å². The van der Waals surface area contributed by atoms with Crippen LogP contribution in [-0.4, -0.2) is 56.4 Å². The lowest BCUT2D eigenvalue weighted by molar-refractivity contribution is -0.142. The van der Waals surface area contributed by atoms with Gasteiger partial charge in [-0.3, -0.25) is 9.36 Å². The Bertz CT molecular complexity index is 1700. The summed E-state index contributed by atoms with van der Waals surface area (Å²) in [5.41, 5.74) is 4.43. The van der Waals surface area contributed by atoms with E-state index in [2.05, 4.69) is 34.1 Å². The van der Waals surface area contributed by atoms with Crippen molar-refractivity contribution in [2.75, 3.05) is 36.2 Å². The number of anilines is 2. The number of hydrogen-bond acceptors (Lipinski definition) is 10. The number of rotatable bonds is 6. The summed E-state index contributed by atoms with van der Waals surface area (Å²) in [4.78, 5) is 47.1. The Morgan fingerprint density at radius 3 is 2.60 bits per heavy atom. The molecule has 4 aromatic rings. The molecule has 1 saturated carbocycles. The number of nitrogens with one attached hydrogen (secondary N) is 1. The van der Waals surface area contributed by atoms with Crippen LogP contribution in [0.1, 0.15) is 44.2 Å². The second-order valence-electron chi connectivity index (χ2n) is 11.6. The maximum Gasteiger partial charge on any atom is 0.348 e. The van der Waals surface area contributed by atoms with Crippen LogP contribution in [0.25, 0.3) is 17.0 Å². The zero-order valence-corrected chi connectivity index (χ0v) is 24.6. The third-order valence-electron chi connectivity index (χ3n) is 8.60. The van der Waals surface area contributed by atoms with Crippen molar-refractivity contribution in [1.29, 1.82) is 0 Å². The molecule has 1 atom stereocenters. The Morgan fingerprint density at radius 1 is 1.02 bits per heavy atom. The summed E-state index contributed by atoms with van der Waals surface area (Å²) in [6.45, 7) is 4.62. The first-order valence-corrected chi connectivity index (χ1v) is 15.1. The number of halogens is 1. The molecule has 13 heteroatoms. The van der Waals surface area contributed by atoms with Crippen molar-refractivity contribution < 1.29 is 14.4 Å². The molecule has 0 amide bonds. The SMILES string of the molecule is CC1CCC(Cn2c(N3CCOC[C@H]3c3ccccc3)nc3nc(N4CC(=O)ON4)nc(-n4cc(Cl)ccc4=O)c32)CC1. The highest BCUT2D eigenvalue weighted by Gasteiger charge is 2.33. The Labute approximate surface area is 253 Å². The lowest BCUT2D eigenvalue weighted by Crippen LogP contribution is -2.41. The topological polar surface area (TPSA) is 120 Å². The van der Waals surface area contributed by atoms with Gasteiger partial charge in [-0.05, 0) is 36.3 Å². The fourth-order valence-corrected chi connectivity index (χ4v) is 6.44. The van der Waals surface area contributed by atoms with Crippen LogP contribution in [0, 0.1) is 11.8 Å². The van der Waals surface area contributed by atoms with Crippen LogP contribution in [-0.2, 0) is 20.9 Å². The average Bonchev–Trinajstić information content (AvgIpc) is 3.63. The molecule has 0 bridgehead atoms. The van der Waals surface area contributed by atoms with Gasteiger partial charge in [0.05, 0.1) is 24.3 Å². The summed E-state index contributed by atoms with van der Waals surface area (Å²) in [6, 6.07) is 13.2. The number of ether oxygens (including phenoxy) is 1. The number of hydrogen-bond donors (Lipinski definition) is 1. The van der Waals surface area contributed by atoms with Gasteiger partial charge in [-0.25, -0.2) is 9.80 Å². The van der Waals surface area contributed by atoms with E-state index in [1.165, 1.54) is 28.5 Å². The predicted octanol–water partition coefficient (Wildman–Crippen LogP) is 3.82. The minimum absolute atomic E-state index is 0.0621. The monoisotopic (exact) mass is 604 g/mol. The highest BCUT2D eigenvalue weighted by atomic mass is 35.5. The Hall–Kier alpha value is -4.00. The lowest BCUT2D eigenvalue weighted by Gasteiger charge is -2.37. The van der Waals surface area contributed by atoms with Crippen molar-refractivity contribution in [3.63, 3.8) is 0 Å². The number of benzene rings is 1. The summed E-state index contributed by atoms with van der Waals surface area (Å²) < 4.78 is 9.56. The molecular weight excluding hydrogens is 572 g/mol. The standard InChI is InChI=1S/C30H33ClN8O4/c1-19-7-9-20(10-8-19)15-38-26-27(33-30(38)36-13-14-42-18-23(36)21-5-3-2-4-6-21)32-29(39-17-25(41)43-35-39)34-28(26)37-16-22(31)11-12-24(37)40/h2-6,11-12,16,19-20,23,35H,7-10,13-15,17-18H2,1H3/t19?,20?,23-/m0/s1. The third-order valence-corrected chi connectivity index (χ3v) is 8.82. The molecule has 0 unspecified atom stereocenters. The van der Waals surface area contributed by atoms with E-state index in [0.29, 0.717) is 60.1 Å². The van der Waals surface area contributed by atoms with E-state index in [9.17, 15) is 9.59 Å². The molecule has 12 nitrogen and oxygen atoms in total. The predicted molar refractivity (Wildman–Crippen MR) is 161 cm³/mol. The van der Waals surface area contributed by atoms with Gasteiger partial charge in [0.2, 0.25) is 11.9 Å². The summed E-state index contributed by atoms with van der Waals surface area (Å²) >= 11 is 6.39. The molecule has 1 aliphatic carbocycles. The molecule has 5 heterocycles. The van der Waals surface area contributed by atoms with E-state index in [4.69, 9.17) is 36.1 Å². The van der Waals surface area contributed by atoms with Crippen LogP contribution >= 0.6 is 11.6 Å². The first-order valence-electron chi connectivity index (χ1n) is 14.7. The van der Waals surface area contributed by atoms with Gasteiger partial charge in [-0.1, -0.05) is 67.3 Å². The fourth-order valence-electron chi connectivity index (χ4n) is 6.28. The van der Waals surface area contributed by atoms with Crippen molar-refractivity contribution in [3.05, 3.63) is 69.6 Å². The second-order valence-corrected chi connectivity index (χ2v) is 12.0. The molecular formula is C30H33ClN8O4. The Morgan fingerprint density at radius 2 is 1.84 bits per heavy atom. The van der Waals surface area contributed by atoms with E-state index in [1.807, 2.05) is 18.2 Å². The normalized spacial score (nSPS) is 22.7. The molecule has 2 saturated heterocycles. The molecule has 43 heavy (non-hydrogen) atoms. The van der Waals surface area contributed by atoms with Crippen LogP contribution in [0.15, 0.2) is 53.5 Å². The number of imidazole rings is 1. The second kappa shape index (κ2) is 11.6. The molecule has 2 aliphatic heterocycles. The van der Waals surface area contributed by atoms with Crippen LogP contribution < -0.4 is 21.1 Å². The Kier molecular flexibility index (Phi) is 7.50. The number of hydrazine groups is 1. The largest absolute Gasteiger partial charge is 0.377 e. The number of pyridine rings is 1. The third kappa shape index (κ3) is 5.46. The van der Waals surface area contributed by atoms with Crippen LogP contribution in [0.3, 0.4) is 0 Å². The van der Waals surface area contributed by atoms with E-state index in [0.717, 1.165) is 24.4 Å². The first-order chi connectivity index (χ1) is 20.9. The van der Waals surface area contributed by atoms with E-state index in [1.54, 1.807) is 12.3 Å². The zero-order valence-electron chi connectivity index (χ0n) is 23.9. The minimum atomic E-state index is -0.470. The van der Waals surface area contributed by atoms with E-state index >= 15 is 0 Å². The summed E-state index contributed by atoms with van der Waals surface area (Å²) in [5.74, 6) is 1.91. The van der Waals surface area contributed by atoms with Crippen LogP contribution in [0.5, 0.6) is 0 Å². The molecule has 1 aromatic carbocycles. The number of nitrogens with zero attached hydrogens (tertiary/aromatic N) is 7. The molecule has 3 aromatic heterocycles. The highest BCUT2D eigenvalue weighted by molar-refractivity contribution is 6.30. The van der Waals surface area contributed by atoms with Gasteiger partial charge >= 0.3 is 5.97 Å². The van der Waals surface area contributed by atoms with Gasteiger partial charge in [-0.15, -0.1) is 0 Å². The molecule has 224 valence electrons. The summed E-state index contributed by atoms with van der Waals surface area (Å²) in [7, 11) is 0. The van der Waals surface area contributed by atoms with Gasteiger partial charge in [-0.2, -0.15) is 15.0 Å². The quantitative estimate of drug-likeness (QED) is 0.348. The zero-order chi connectivity index (χ0) is 29.5. The molecule has 7 rings (SSSR count). The number of carbonyl (C=O) groups is 1. The van der Waals surface area contributed by atoms with E-state index < -0.39 is 5.97 Å². The van der Waals surface area contributed by atoms with Gasteiger partial charge in [0.25, 0.3) is 5.56 Å². The van der Waals surface area contributed by atoms with Crippen LogP contribution in [0.4, 0.5) is 11.9 Å². The Balaban J connectivity index is 1.45. The van der Waals surface area contributed by atoms with Crippen molar-refractivity contribution in [2.24, 2.45) is 11.8 Å². The molecule has 0 spiro atoms. The summed E-state index contributed by atoms with van der Waals surface area (Å²) in [5, 5.41) is 1.78. The van der Waals surface area contributed by atoms with E-state index in [-0.39, 0.29) is 24.1 Å². The maximum absolute atomic E-state index is 13.3. The summed E-state index contributed by atoms with van der Waals surface area (Å²) in [6.07, 6.45) is 6.11. The average molecular weight is 605 g/mol. The van der Waals surface area contributed by atoms with Crippen LogP contribution in [0.2, 0.25) is 5.02 Å². The number of fused-ring (bicyclic) bond motifs is 1. The lowest BCUT2D eigenvalue weighted by atomic mass is 9.83. The van der Waals surface area contributed by atoms with Crippen molar-refractivity contribution >= 4 is 40.6 Å². The van der Waals surface area contributed by atoms with Crippen molar-refractivity contribution in [2.45, 2.75) is 45.2 Å². The molecule has 3 fully saturated rings. The van der Waals surface area contributed by atoms with Gasteiger partial charge in [0, 0.05) is 25.4 Å².